The van der Waals surface area contributed by atoms with E-state index < -0.39 is 0 Å². The maximum atomic E-state index is 12.2. The van der Waals surface area contributed by atoms with Crippen LogP contribution in [0, 0.1) is 0 Å². The van der Waals surface area contributed by atoms with Gasteiger partial charge in [0, 0.05) is 30.2 Å². The molecule has 1 atom stereocenters. The number of esters is 1. The van der Waals surface area contributed by atoms with E-state index in [-0.39, 0.29) is 12.0 Å². The van der Waals surface area contributed by atoms with Crippen molar-refractivity contribution in [3.8, 4) is 17.2 Å². The van der Waals surface area contributed by atoms with Crippen LogP contribution in [-0.4, -0.2) is 53.7 Å². The smallest absolute Gasteiger partial charge is 0.324 e. The average Bonchev–Trinajstić information content (AvgIpc) is 3.11. The Bertz CT molecular complexity index is 701. The van der Waals surface area contributed by atoms with Gasteiger partial charge in [0.05, 0.1) is 19.4 Å². The zero-order chi connectivity index (χ0) is 17.6. The number of aromatic nitrogens is 1. The molecule has 1 aromatic heterocycles. The predicted octanol–water partition coefficient (Wildman–Crippen LogP) is 2.83. The van der Waals surface area contributed by atoms with Crippen LogP contribution in [0.3, 0.4) is 0 Å². The number of nitrogens with zero attached hydrogens (tertiary/aromatic N) is 2. The average molecular weight is 362 g/mol. The molecule has 0 unspecified atom stereocenters. The van der Waals surface area contributed by atoms with Crippen LogP contribution in [-0.2, 0) is 16.1 Å². The number of rotatable bonds is 6. The number of ether oxygens (including phenoxy) is 2. The van der Waals surface area contributed by atoms with E-state index in [1.165, 1.54) is 0 Å². The van der Waals surface area contributed by atoms with Crippen molar-refractivity contribution in [2.24, 2.45) is 0 Å². The van der Waals surface area contributed by atoms with Gasteiger partial charge in [-0.1, -0.05) is 0 Å². The number of hydrogen-bond acceptors (Lipinski definition) is 7. The fourth-order valence-electron chi connectivity index (χ4n) is 2.74. The molecule has 0 spiro atoms. The monoisotopic (exact) mass is 362 g/mol. The van der Waals surface area contributed by atoms with Crippen molar-refractivity contribution < 1.29 is 18.7 Å². The van der Waals surface area contributed by atoms with Crippen molar-refractivity contribution in [3.63, 3.8) is 0 Å². The van der Waals surface area contributed by atoms with Gasteiger partial charge in [-0.15, -0.1) is 0 Å². The highest BCUT2D eigenvalue weighted by atomic mass is 32.2. The van der Waals surface area contributed by atoms with Gasteiger partial charge in [0.25, 0.3) is 0 Å². The van der Waals surface area contributed by atoms with Gasteiger partial charge < -0.3 is 13.9 Å². The Balaban J connectivity index is 1.69. The number of carbonyl (C=O) groups excluding carboxylic acids is 1. The molecular weight excluding hydrogens is 340 g/mol. The number of thioether (sulfide) groups is 1. The molecule has 0 radical (unpaired) electrons. The molecule has 0 saturated carbocycles. The quantitative estimate of drug-likeness (QED) is 0.732. The molecular formula is C18H22N2O4S. The summed E-state index contributed by atoms with van der Waals surface area (Å²) in [6.45, 7) is 3.64. The Hall–Kier alpha value is -1.99. The van der Waals surface area contributed by atoms with E-state index in [0.29, 0.717) is 19.0 Å². The molecule has 25 heavy (non-hydrogen) atoms. The molecule has 0 aliphatic carbocycles. The molecule has 1 aromatic carbocycles. The summed E-state index contributed by atoms with van der Waals surface area (Å²) in [4.78, 5) is 18.8. The van der Waals surface area contributed by atoms with Gasteiger partial charge in [0.2, 0.25) is 5.89 Å². The normalized spacial score (nSPS) is 18.1. The summed E-state index contributed by atoms with van der Waals surface area (Å²) in [6.07, 6.45) is 1.66. The second kappa shape index (κ2) is 8.40. The van der Waals surface area contributed by atoms with E-state index in [9.17, 15) is 4.79 Å². The second-order valence-electron chi connectivity index (χ2n) is 5.69. The van der Waals surface area contributed by atoms with E-state index in [0.717, 1.165) is 35.1 Å². The summed E-state index contributed by atoms with van der Waals surface area (Å²) in [5.74, 6) is 2.95. The van der Waals surface area contributed by atoms with Crippen LogP contribution in [0.15, 0.2) is 34.9 Å². The van der Waals surface area contributed by atoms with E-state index in [2.05, 4.69) is 9.88 Å². The highest BCUT2D eigenvalue weighted by Gasteiger charge is 2.30. The first-order valence-corrected chi connectivity index (χ1v) is 9.44. The summed E-state index contributed by atoms with van der Waals surface area (Å²) >= 11 is 1.78. The molecule has 0 amide bonds. The largest absolute Gasteiger partial charge is 0.497 e. The molecule has 0 N–H and O–H groups in total. The molecule has 3 rings (SSSR count). The lowest BCUT2D eigenvalue weighted by Gasteiger charge is -2.32. The Morgan fingerprint density at radius 2 is 2.20 bits per heavy atom. The van der Waals surface area contributed by atoms with E-state index in [4.69, 9.17) is 13.9 Å². The molecule has 7 heteroatoms. The van der Waals surface area contributed by atoms with Gasteiger partial charge in [-0.25, -0.2) is 4.98 Å². The van der Waals surface area contributed by atoms with Gasteiger partial charge in [-0.05, 0) is 31.2 Å². The molecule has 1 aliphatic rings. The van der Waals surface area contributed by atoms with Gasteiger partial charge in [-0.3, -0.25) is 9.69 Å². The lowest BCUT2D eigenvalue weighted by Crippen LogP contribution is -2.47. The molecule has 0 bridgehead atoms. The first-order valence-electron chi connectivity index (χ1n) is 8.28. The van der Waals surface area contributed by atoms with Crippen molar-refractivity contribution in [2.45, 2.75) is 19.5 Å². The first-order chi connectivity index (χ1) is 12.2. The highest BCUT2D eigenvalue weighted by molar-refractivity contribution is 7.99. The van der Waals surface area contributed by atoms with Crippen LogP contribution >= 0.6 is 11.8 Å². The number of methoxy groups -OCH3 is 1. The van der Waals surface area contributed by atoms with Crippen LogP contribution < -0.4 is 4.74 Å². The first kappa shape index (κ1) is 17.8. The lowest BCUT2D eigenvalue weighted by atomic mass is 10.2. The van der Waals surface area contributed by atoms with Gasteiger partial charge in [-0.2, -0.15) is 11.8 Å². The number of benzene rings is 1. The maximum Gasteiger partial charge on any atom is 0.324 e. The number of carbonyl (C=O) groups is 1. The molecule has 6 nitrogen and oxygen atoms in total. The lowest BCUT2D eigenvalue weighted by molar-refractivity contribution is -0.148. The van der Waals surface area contributed by atoms with Crippen molar-refractivity contribution in [3.05, 3.63) is 36.2 Å². The molecule has 134 valence electrons. The minimum Gasteiger partial charge on any atom is -0.497 e. The van der Waals surface area contributed by atoms with Crippen molar-refractivity contribution >= 4 is 17.7 Å². The molecule has 2 aromatic rings. The summed E-state index contributed by atoms with van der Waals surface area (Å²) < 4.78 is 16.0. The third kappa shape index (κ3) is 4.35. The van der Waals surface area contributed by atoms with Crippen LogP contribution in [0.1, 0.15) is 12.6 Å². The number of oxazole rings is 1. The predicted molar refractivity (Wildman–Crippen MR) is 96.6 cm³/mol. The third-order valence-electron chi connectivity index (χ3n) is 4.05. The van der Waals surface area contributed by atoms with E-state index in [1.54, 1.807) is 25.1 Å². The summed E-state index contributed by atoms with van der Waals surface area (Å²) in [5.41, 5.74) is 1.70. The fraction of sp³-hybridized carbons (Fsp3) is 0.444. The Morgan fingerprint density at radius 1 is 1.40 bits per heavy atom. The minimum atomic E-state index is -0.222. The zero-order valence-corrected chi connectivity index (χ0v) is 15.3. The van der Waals surface area contributed by atoms with Gasteiger partial charge in [0.1, 0.15) is 18.1 Å². The minimum absolute atomic E-state index is 0.159. The van der Waals surface area contributed by atoms with E-state index >= 15 is 0 Å². The second-order valence-corrected chi connectivity index (χ2v) is 6.84. The van der Waals surface area contributed by atoms with Crippen LogP contribution in [0.2, 0.25) is 0 Å². The topological polar surface area (TPSA) is 64.8 Å². The third-order valence-corrected chi connectivity index (χ3v) is 5.07. The summed E-state index contributed by atoms with van der Waals surface area (Å²) in [5, 5.41) is 0. The van der Waals surface area contributed by atoms with E-state index in [1.807, 2.05) is 31.2 Å². The molecule has 1 saturated heterocycles. The van der Waals surface area contributed by atoms with Crippen LogP contribution in [0.4, 0.5) is 0 Å². The highest BCUT2D eigenvalue weighted by Crippen LogP contribution is 2.24. The zero-order valence-electron chi connectivity index (χ0n) is 14.4. The molecule has 1 aliphatic heterocycles. The summed E-state index contributed by atoms with van der Waals surface area (Å²) in [6, 6.07) is 7.34. The molecule has 2 heterocycles. The Morgan fingerprint density at radius 3 is 2.92 bits per heavy atom. The van der Waals surface area contributed by atoms with Crippen molar-refractivity contribution in [1.82, 2.24) is 9.88 Å². The van der Waals surface area contributed by atoms with Gasteiger partial charge >= 0.3 is 5.97 Å². The van der Waals surface area contributed by atoms with Crippen molar-refractivity contribution in [2.75, 3.05) is 31.8 Å². The van der Waals surface area contributed by atoms with Crippen LogP contribution in [0.5, 0.6) is 5.75 Å². The standard InChI is InChI=1S/C18H22N2O4S/c1-3-23-18(21)16-12-25-9-8-20(16)10-14-11-24-17(19-14)13-4-6-15(22-2)7-5-13/h4-7,11,16H,3,8-10,12H2,1-2H3/t16-/m0/s1. The summed E-state index contributed by atoms with van der Waals surface area (Å²) in [7, 11) is 1.63. The van der Waals surface area contributed by atoms with Crippen LogP contribution in [0.25, 0.3) is 11.5 Å². The fourth-order valence-corrected chi connectivity index (χ4v) is 3.84. The number of hydrogen-bond donors (Lipinski definition) is 0. The maximum absolute atomic E-state index is 12.2. The molecule has 1 fully saturated rings. The van der Waals surface area contributed by atoms with Crippen molar-refractivity contribution in [1.29, 1.82) is 0 Å². The Labute approximate surface area is 151 Å². The SMILES string of the molecule is CCOC(=O)[C@@H]1CSCCN1Cc1coc(-c2ccc(OC)cc2)n1. The van der Waals surface area contributed by atoms with Gasteiger partial charge in [0.15, 0.2) is 0 Å². The Kier molecular flexibility index (Phi) is 5.99.